The Morgan fingerprint density at radius 2 is 2.12 bits per heavy atom. The minimum Gasteiger partial charge on any atom is -0.497 e. The van der Waals surface area contributed by atoms with E-state index in [0.29, 0.717) is 17.9 Å². The quantitative estimate of drug-likeness (QED) is 0.638. The van der Waals surface area contributed by atoms with E-state index in [1.165, 1.54) is 0 Å². The second kappa shape index (κ2) is 7.73. The van der Waals surface area contributed by atoms with Crippen LogP contribution in [0.3, 0.4) is 0 Å². The molecule has 1 aromatic carbocycles. The van der Waals surface area contributed by atoms with E-state index in [9.17, 15) is 9.90 Å². The van der Waals surface area contributed by atoms with Crippen LogP contribution < -0.4 is 10.1 Å². The maximum Gasteiger partial charge on any atom is 0.343 e. The number of aromatic nitrogens is 3. The number of rotatable bonds is 8. The molecule has 0 bridgehead atoms. The lowest BCUT2D eigenvalue weighted by Crippen LogP contribution is -2.06. The number of aromatic carboxylic acids is 1. The summed E-state index contributed by atoms with van der Waals surface area (Å²) in [7, 11) is 1.57. The van der Waals surface area contributed by atoms with Gasteiger partial charge in [-0.25, -0.2) is 4.79 Å². The molecule has 3 rings (SSSR count). The number of ether oxygens (including phenoxy) is 1. The fourth-order valence-corrected chi connectivity index (χ4v) is 2.58. The Morgan fingerprint density at radius 1 is 1.35 bits per heavy atom. The highest BCUT2D eigenvalue weighted by atomic mass is 16.5. The molecular weight excluding hydrogens is 336 g/mol. The van der Waals surface area contributed by atoms with Gasteiger partial charge in [0, 0.05) is 30.4 Å². The van der Waals surface area contributed by atoms with Gasteiger partial charge in [0.25, 0.3) is 0 Å². The Morgan fingerprint density at radius 3 is 2.77 bits per heavy atom. The molecule has 0 atom stereocenters. The summed E-state index contributed by atoms with van der Waals surface area (Å²) in [4.78, 5) is 11.7. The summed E-state index contributed by atoms with van der Waals surface area (Å²) in [6.07, 6.45) is 4.65. The number of carboxylic acid groups (broad SMARTS) is 1. The first-order valence-corrected chi connectivity index (χ1v) is 8.25. The molecule has 8 heteroatoms. The number of aryl methyl sites for hydroxylation is 1. The third-order valence-corrected chi connectivity index (χ3v) is 3.86. The van der Waals surface area contributed by atoms with E-state index in [1.807, 2.05) is 10.9 Å². The number of anilines is 1. The van der Waals surface area contributed by atoms with Crippen LogP contribution >= 0.6 is 0 Å². The molecule has 0 fully saturated rings. The van der Waals surface area contributed by atoms with Crippen LogP contribution in [0, 0.1) is 0 Å². The molecule has 26 heavy (non-hydrogen) atoms. The standard InChI is InChI=1S/C18H20N4O4/c1-3-8-22-11-12(10-20-22)9-19-17-15(18(23)24)16(26-21-17)13-4-6-14(25-2)7-5-13/h4-7,10-11H,3,8-9H2,1-2H3,(H,19,21)(H,23,24). The normalized spacial score (nSPS) is 10.7. The lowest BCUT2D eigenvalue weighted by molar-refractivity contribution is 0.0698. The first-order chi connectivity index (χ1) is 12.6. The van der Waals surface area contributed by atoms with Gasteiger partial charge in [-0.05, 0) is 30.7 Å². The van der Waals surface area contributed by atoms with Crippen molar-refractivity contribution in [3.63, 3.8) is 0 Å². The van der Waals surface area contributed by atoms with Gasteiger partial charge in [-0.1, -0.05) is 12.1 Å². The van der Waals surface area contributed by atoms with Gasteiger partial charge in [0.2, 0.25) is 0 Å². The van der Waals surface area contributed by atoms with Gasteiger partial charge in [0.1, 0.15) is 5.75 Å². The Labute approximate surface area is 150 Å². The Balaban J connectivity index is 1.81. The summed E-state index contributed by atoms with van der Waals surface area (Å²) < 4.78 is 12.3. The molecule has 0 spiro atoms. The average Bonchev–Trinajstić information content (AvgIpc) is 3.27. The van der Waals surface area contributed by atoms with Crippen molar-refractivity contribution in [2.45, 2.75) is 26.4 Å². The summed E-state index contributed by atoms with van der Waals surface area (Å²) in [6.45, 7) is 3.32. The van der Waals surface area contributed by atoms with Gasteiger partial charge in [-0.15, -0.1) is 0 Å². The zero-order valence-electron chi connectivity index (χ0n) is 14.6. The van der Waals surface area contributed by atoms with E-state index >= 15 is 0 Å². The molecule has 0 radical (unpaired) electrons. The highest BCUT2D eigenvalue weighted by molar-refractivity contribution is 5.99. The van der Waals surface area contributed by atoms with Crippen LogP contribution in [-0.2, 0) is 13.1 Å². The van der Waals surface area contributed by atoms with E-state index in [-0.39, 0.29) is 17.1 Å². The number of methoxy groups -OCH3 is 1. The summed E-state index contributed by atoms with van der Waals surface area (Å²) in [5.74, 6) is -0.0512. The molecule has 136 valence electrons. The maximum absolute atomic E-state index is 11.7. The number of nitrogens with zero attached hydrogens (tertiary/aromatic N) is 3. The lowest BCUT2D eigenvalue weighted by atomic mass is 10.1. The van der Waals surface area contributed by atoms with Gasteiger partial charge >= 0.3 is 5.97 Å². The number of hydrogen-bond donors (Lipinski definition) is 2. The molecule has 2 aromatic heterocycles. The van der Waals surface area contributed by atoms with Gasteiger partial charge in [-0.3, -0.25) is 4.68 Å². The molecule has 0 aliphatic carbocycles. The minimum atomic E-state index is -1.11. The molecule has 2 N–H and O–H groups in total. The highest BCUT2D eigenvalue weighted by Gasteiger charge is 2.23. The SMILES string of the molecule is CCCn1cc(CNc2noc(-c3ccc(OC)cc3)c2C(=O)O)cn1. The molecule has 2 heterocycles. The second-order valence-electron chi connectivity index (χ2n) is 5.73. The van der Waals surface area contributed by atoms with Crippen LogP contribution in [0.15, 0.2) is 41.2 Å². The zero-order valence-corrected chi connectivity index (χ0v) is 14.6. The zero-order chi connectivity index (χ0) is 18.5. The first-order valence-electron chi connectivity index (χ1n) is 8.25. The minimum absolute atomic E-state index is 0.00360. The molecule has 8 nitrogen and oxygen atoms in total. The number of carboxylic acids is 1. The van der Waals surface area contributed by atoms with Crippen LogP contribution in [0.4, 0.5) is 5.82 Å². The fourth-order valence-electron chi connectivity index (χ4n) is 2.58. The van der Waals surface area contributed by atoms with Crippen LogP contribution in [0.1, 0.15) is 29.3 Å². The molecule has 0 aliphatic heterocycles. The molecule has 0 saturated carbocycles. The van der Waals surface area contributed by atoms with Crippen molar-refractivity contribution in [3.8, 4) is 17.1 Å². The average molecular weight is 356 g/mol. The number of carbonyl (C=O) groups is 1. The predicted molar refractivity (Wildman–Crippen MR) is 95.3 cm³/mol. The van der Waals surface area contributed by atoms with E-state index in [0.717, 1.165) is 18.5 Å². The monoisotopic (exact) mass is 356 g/mol. The fraction of sp³-hybridized carbons (Fsp3) is 0.278. The van der Waals surface area contributed by atoms with Gasteiger partial charge in [0.05, 0.1) is 13.3 Å². The lowest BCUT2D eigenvalue weighted by Gasteiger charge is -2.03. The molecule has 0 saturated heterocycles. The maximum atomic E-state index is 11.7. The van der Waals surface area contributed by atoms with E-state index in [1.54, 1.807) is 37.6 Å². The number of nitrogens with one attached hydrogen (secondary N) is 1. The first kappa shape index (κ1) is 17.5. The van der Waals surface area contributed by atoms with Crippen molar-refractivity contribution in [1.82, 2.24) is 14.9 Å². The summed E-state index contributed by atoms with van der Waals surface area (Å²) in [5.41, 5.74) is 1.54. The molecule has 3 aromatic rings. The molecular formula is C18H20N4O4. The highest BCUT2D eigenvalue weighted by Crippen LogP contribution is 2.30. The van der Waals surface area contributed by atoms with Crippen molar-refractivity contribution in [3.05, 3.63) is 47.8 Å². The van der Waals surface area contributed by atoms with Crippen LogP contribution in [-0.4, -0.2) is 33.1 Å². The third-order valence-electron chi connectivity index (χ3n) is 3.86. The summed E-state index contributed by atoms with van der Waals surface area (Å²) in [6, 6.07) is 6.92. The van der Waals surface area contributed by atoms with Crippen molar-refractivity contribution in [2.24, 2.45) is 0 Å². The van der Waals surface area contributed by atoms with Gasteiger partial charge in [-0.2, -0.15) is 5.10 Å². The predicted octanol–water partition coefficient (Wildman–Crippen LogP) is 3.27. The summed E-state index contributed by atoms with van der Waals surface area (Å²) in [5, 5.41) is 20.7. The smallest absolute Gasteiger partial charge is 0.343 e. The van der Waals surface area contributed by atoms with Crippen molar-refractivity contribution in [1.29, 1.82) is 0 Å². The van der Waals surface area contributed by atoms with Gasteiger partial charge < -0.3 is 19.7 Å². The number of hydrogen-bond acceptors (Lipinski definition) is 6. The second-order valence-corrected chi connectivity index (χ2v) is 5.73. The Kier molecular flexibility index (Phi) is 5.21. The summed E-state index contributed by atoms with van der Waals surface area (Å²) >= 11 is 0. The van der Waals surface area contributed by atoms with E-state index < -0.39 is 5.97 Å². The van der Waals surface area contributed by atoms with E-state index in [4.69, 9.17) is 9.26 Å². The topological polar surface area (TPSA) is 102 Å². The Bertz CT molecular complexity index is 883. The van der Waals surface area contributed by atoms with E-state index in [2.05, 4.69) is 22.5 Å². The largest absolute Gasteiger partial charge is 0.497 e. The molecule has 0 aliphatic rings. The van der Waals surface area contributed by atoms with Crippen LogP contribution in [0.5, 0.6) is 5.75 Å². The Hall–Kier alpha value is -3.29. The van der Waals surface area contributed by atoms with Crippen LogP contribution in [0.25, 0.3) is 11.3 Å². The number of benzene rings is 1. The van der Waals surface area contributed by atoms with Crippen molar-refractivity contribution < 1.29 is 19.2 Å². The van der Waals surface area contributed by atoms with Crippen molar-refractivity contribution >= 4 is 11.8 Å². The van der Waals surface area contributed by atoms with Crippen molar-refractivity contribution in [2.75, 3.05) is 12.4 Å². The third kappa shape index (κ3) is 3.69. The van der Waals surface area contributed by atoms with Crippen LogP contribution in [0.2, 0.25) is 0 Å². The van der Waals surface area contributed by atoms with Gasteiger partial charge in [0.15, 0.2) is 17.1 Å². The molecule has 0 unspecified atom stereocenters. The molecule has 0 amide bonds.